The normalized spacial score (nSPS) is 10.6. The maximum absolute atomic E-state index is 12.9. The third kappa shape index (κ3) is 6.47. The zero-order valence-corrected chi connectivity index (χ0v) is 17.8. The Morgan fingerprint density at radius 1 is 0.963 bits per heavy atom. The first-order chi connectivity index (χ1) is 12.5. The Hall–Kier alpha value is -1.66. The van der Waals surface area contributed by atoms with Crippen molar-refractivity contribution in [1.29, 1.82) is 0 Å². The Morgan fingerprint density at radius 2 is 1.52 bits per heavy atom. The first-order valence-electron chi connectivity index (χ1n) is 8.32. The van der Waals surface area contributed by atoms with Gasteiger partial charge in [-0.25, -0.2) is 0 Å². The number of rotatable bonds is 9. The van der Waals surface area contributed by atoms with Crippen LogP contribution >= 0.6 is 8.58 Å². The maximum Gasteiger partial charge on any atom is 1.00 e. The van der Waals surface area contributed by atoms with Crippen molar-refractivity contribution in [3.63, 3.8) is 0 Å². The predicted octanol–water partition coefficient (Wildman–Crippen LogP) is 1.01. The van der Waals surface area contributed by atoms with Gasteiger partial charge in [-0.2, -0.15) is 0 Å². The molecule has 0 aliphatic heterocycles. The van der Waals surface area contributed by atoms with E-state index in [1.165, 1.54) is 14.2 Å². The molecule has 2 aromatic carbocycles. The van der Waals surface area contributed by atoms with Crippen LogP contribution in [0.2, 0.25) is 0 Å². The molecule has 2 aromatic rings. The van der Waals surface area contributed by atoms with Gasteiger partial charge in [-0.1, -0.05) is 26.0 Å². The van der Waals surface area contributed by atoms with Gasteiger partial charge in [-0.15, -0.1) is 0 Å². The topological polar surface area (TPSA) is 54.0 Å². The van der Waals surface area contributed by atoms with E-state index in [1.54, 1.807) is 19.2 Å². The number of benzene rings is 2. The molecule has 0 spiro atoms. The Labute approximate surface area is 176 Å². The standard InChI is InChI=1S/C20H25O5P.Li.H/c1-13(2)12-25-14-6-8-16(9-7-14)26-20(21)19-17(23-4)10-15(22-3)11-18(19)24-5;;/h6-11,13,26H,12H2,1-5H3;;/q;+1;-1. The average molecular weight is 384 g/mol. The Kier molecular flexibility index (Phi) is 9.73. The molecule has 0 saturated carbocycles. The average Bonchev–Trinajstić information content (AvgIpc) is 2.65. The second-order valence-corrected chi connectivity index (χ2v) is 7.37. The van der Waals surface area contributed by atoms with Gasteiger partial charge in [0.2, 0.25) is 0 Å². The third-order valence-corrected chi connectivity index (χ3v) is 4.74. The molecule has 0 aliphatic rings. The van der Waals surface area contributed by atoms with Crippen LogP contribution in [0.25, 0.3) is 0 Å². The van der Waals surface area contributed by atoms with Crippen LogP contribution in [0.1, 0.15) is 25.6 Å². The summed E-state index contributed by atoms with van der Waals surface area (Å²) in [6.45, 7) is 4.87. The van der Waals surface area contributed by atoms with Crippen molar-refractivity contribution in [1.82, 2.24) is 0 Å². The van der Waals surface area contributed by atoms with Crippen molar-refractivity contribution >= 4 is 19.4 Å². The van der Waals surface area contributed by atoms with E-state index in [2.05, 4.69) is 13.8 Å². The van der Waals surface area contributed by atoms with Crippen molar-refractivity contribution in [3.05, 3.63) is 42.0 Å². The number of carbonyl (C=O) groups excluding carboxylic acids is 1. The van der Waals surface area contributed by atoms with Gasteiger partial charge in [0, 0.05) is 12.1 Å². The van der Waals surface area contributed by atoms with E-state index in [0.717, 1.165) is 11.1 Å². The minimum atomic E-state index is -0.0581. The molecule has 0 heterocycles. The van der Waals surface area contributed by atoms with Crippen LogP contribution in [-0.4, -0.2) is 33.5 Å². The van der Waals surface area contributed by atoms with Crippen LogP contribution in [0.15, 0.2) is 36.4 Å². The van der Waals surface area contributed by atoms with Crippen LogP contribution in [0.4, 0.5) is 0 Å². The molecular weight excluding hydrogens is 358 g/mol. The summed E-state index contributed by atoms with van der Waals surface area (Å²) in [6.07, 6.45) is 0. The van der Waals surface area contributed by atoms with Gasteiger partial charge < -0.3 is 20.4 Å². The fourth-order valence-electron chi connectivity index (χ4n) is 2.32. The van der Waals surface area contributed by atoms with Crippen LogP contribution in [-0.2, 0) is 0 Å². The van der Waals surface area contributed by atoms with Crippen LogP contribution < -0.4 is 43.1 Å². The first kappa shape index (κ1) is 23.4. The van der Waals surface area contributed by atoms with E-state index in [4.69, 9.17) is 18.9 Å². The predicted molar refractivity (Wildman–Crippen MR) is 106 cm³/mol. The molecule has 0 radical (unpaired) electrons. The number of carbonyl (C=O) groups is 1. The van der Waals surface area contributed by atoms with Crippen molar-refractivity contribution in [3.8, 4) is 23.0 Å². The summed E-state index contributed by atoms with van der Waals surface area (Å²) in [4.78, 5) is 12.9. The zero-order chi connectivity index (χ0) is 19.1. The molecule has 2 rings (SSSR count). The third-order valence-electron chi connectivity index (χ3n) is 3.64. The molecule has 5 nitrogen and oxygen atoms in total. The van der Waals surface area contributed by atoms with Gasteiger partial charge in [0.15, 0.2) is 5.52 Å². The summed E-state index contributed by atoms with van der Waals surface area (Å²) < 4.78 is 21.6. The van der Waals surface area contributed by atoms with Crippen molar-refractivity contribution in [2.75, 3.05) is 27.9 Å². The van der Waals surface area contributed by atoms with Crippen molar-refractivity contribution < 1.29 is 44.0 Å². The summed E-state index contributed by atoms with van der Waals surface area (Å²) in [5.74, 6) is 2.73. The zero-order valence-electron chi connectivity index (χ0n) is 17.8. The molecule has 7 heteroatoms. The SMILES string of the molecule is COc1cc(OC)c(C(=O)Pc2ccc(OCC(C)C)cc2)c(OC)c1.[H-].[Li+]. The summed E-state index contributed by atoms with van der Waals surface area (Å²) in [7, 11) is 4.55. The van der Waals surface area contributed by atoms with E-state index in [1.807, 2.05) is 24.3 Å². The monoisotopic (exact) mass is 384 g/mol. The molecule has 0 aliphatic carbocycles. The molecule has 0 N–H and O–H groups in total. The molecule has 1 atom stereocenters. The number of methoxy groups -OCH3 is 3. The van der Waals surface area contributed by atoms with Gasteiger partial charge in [0.1, 0.15) is 28.6 Å². The van der Waals surface area contributed by atoms with Crippen LogP contribution in [0.5, 0.6) is 23.0 Å². The van der Waals surface area contributed by atoms with Crippen molar-refractivity contribution in [2.45, 2.75) is 13.8 Å². The minimum Gasteiger partial charge on any atom is -1.00 e. The van der Waals surface area contributed by atoms with Gasteiger partial charge in [-0.3, -0.25) is 4.79 Å². The fourth-order valence-corrected chi connectivity index (χ4v) is 3.29. The molecule has 0 saturated heterocycles. The van der Waals surface area contributed by atoms with Gasteiger partial charge >= 0.3 is 18.9 Å². The van der Waals surface area contributed by atoms with Crippen LogP contribution in [0.3, 0.4) is 0 Å². The number of hydrogen-bond donors (Lipinski definition) is 0. The molecule has 0 fully saturated rings. The second kappa shape index (κ2) is 11.2. The Morgan fingerprint density at radius 3 is 1.96 bits per heavy atom. The molecule has 27 heavy (non-hydrogen) atoms. The summed E-state index contributed by atoms with van der Waals surface area (Å²) in [5, 5.41) is 0.923. The van der Waals surface area contributed by atoms with Gasteiger partial charge in [0.05, 0.1) is 27.9 Å². The quantitative estimate of drug-likeness (QED) is 0.477. The van der Waals surface area contributed by atoms with E-state index < -0.39 is 0 Å². The van der Waals surface area contributed by atoms with E-state index >= 15 is 0 Å². The first-order valence-corrected chi connectivity index (χ1v) is 9.32. The Bertz CT molecular complexity index is 728. The maximum atomic E-state index is 12.9. The molecule has 0 amide bonds. The smallest absolute Gasteiger partial charge is 1.00 e. The van der Waals surface area contributed by atoms with E-state index in [0.29, 0.717) is 35.3 Å². The van der Waals surface area contributed by atoms with Crippen molar-refractivity contribution in [2.24, 2.45) is 5.92 Å². The summed E-state index contributed by atoms with van der Waals surface area (Å²) in [5.41, 5.74) is 0.367. The molecular formula is C20H26LiO5P. The molecule has 0 aromatic heterocycles. The number of hydrogen-bond acceptors (Lipinski definition) is 5. The largest absolute Gasteiger partial charge is 1.00 e. The van der Waals surface area contributed by atoms with E-state index in [9.17, 15) is 4.79 Å². The fraction of sp³-hybridized carbons (Fsp3) is 0.350. The minimum absolute atomic E-state index is 0. The van der Waals surface area contributed by atoms with Crippen LogP contribution in [0, 0.1) is 5.92 Å². The number of ether oxygens (including phenoxy) is 4. The summed E-state index contributed by atoms with van der Waals surface area (Å²) >= 11 is 0. The van der Waals surface area contributed by atoms with Gasteiger partial charge in [-0.05, 0) is 31.9 Å². The molecule has 1 unspecified atom stereocenters. The van der Waals surface area contributed by atoms with E-state index in [-0.39, 0.29) is 34.4 Å². The molecule has 0 bridgehead atoms. The molecule has 142 valence electrons. The summed E-state index contributed by atoms with van der Waals surface area (Å²) in [6, 6.07) is 11.0. The van der Waals surface area contributed by atoms with Gasteiger partial charge in [0.25, 0.3) is 0 Å². The second-order valence-electron chi connectivity index (χ2n) is 6.09. The Balaban J connectivity index is 0.00000364.